The summed E-state index contributed by atoms with van der Waals surface area (Å²) in [6.45, 7) is 2.10. The smallest absolute Gasteiger partial charge is 0.416 e. The number of esters is 1. The minimum Gasteiger partial charge on any atom is -0.748 e. The number of ether oxygens (including phenoxy) is 1. The number of fused-ring (bicyclic) bond motifs is 1. The second-order valence-electron chi connectivity index (χ2n) is 10.1. The number of aromatic amines is 1. The lowest BCUT2D eigenvalue weighted by molar-refractivity contribution is -0.696. The van der Waals surface area contributed by atoms with Crippen molar-refractivity contribution in [2.45, 2.75) is 32.1 Å². The standard InChI is InChI=1S/C29H23F3N6O3.CH4O3S/c1-18-24(26(39)41-2)25(23-10-9-19(17-33)15-20(23)11-14-36-12-4-3-5-13-36)38-27(34-35-28(38)40)37(18)22-8-6-7-21(16-22)29(30,31)32;1-5(2,3)4/h3-10,12-13,15-16,25H,11,14H2,1-2H3;1H3,(H,2,3,4)/t25-;/m1./s1. The number of alkyl halides is 3. The molecule has 240 valence electrons. The molecule has 0 spiro atoms. The number of aromatic nitrogens is 4. The fraction of sp³-hybridized carbons (Fsp3) is 0.233. The minimum atomic E-state index is -4.61. The van der Waals surface area contributed by atoms with E-state index in [-0.39, 0.29) is 22.9 Å². The molecule has 0 aliphatic carbocycles. The molecule has 0 saturated heterocycles. The Morgan fingerprint density at radius 1 is 1.15 bits per heavy atom. The van der Waals surface area contributed by atoms with E-state index in [1.54, 1.807) is 25.1 Å². The van der Waals surface area contributed by atoms with Crippen LogP contribution in [0.1, 0.15) is 35.2 Å². The zero-order valence-corrected chi connectivity index (χ0v) is 25.5. The number of hydrogen-bond acceptors (Lipinski definition) is 9. The maximum atomic E-state index is 13.6. The number of rotatable bonds is 6. The molecule has 0 fully saturated rings. The zero-order chi connectivity index (χ0) is 33.8. The van der Waals surface area contributed by atoms with E-state index in [2.05, 4.69) is 16.3 Å². The minimum absolute atomic E-state index is 0.00257. The third kappa shape index (κ3) is 7.50. The lowest BCUT2D eigenvalue weighted by Gasteiger charge is -2.36. The zero-order valence-electron chi connectivity index (χ0n) is 24.6. The van der Waals surface area contributed by atoms with Gasteiger partial charge in [-0.1, -0.05) is 18.2 Å². The molecular formula is C30H27F3N6O6S. The first-order valence-corrected chi connectivity index (χ1v) is 15.3. The van der Waals surface area contributed by atoms with Gasteiger partial charge in [0.1, 0.15) is 6.04 Å². The summed E-state index contributed by atoms with van der Waals surface area (Å²) in [5.74, 6) is -0.770. The number of nitriles is 1. The molecule has 46 heavy (non-hydrogen) atoms. The van der Waals surface area contributed by atoms with E-state index in [1.165, 1.54) is 28.7 Å². The summed E-state index contributed by atoms with van der Waals surface area (Å²) in [5.41, 5.74) is 0.395. The van der Waals surface area contributed by atoms with Crippen molar-refractivity contribution in [3.05, 3.63) is 117 Å². The maximum absolute atomic E-state index is 13.6. The number of hydrogen-bond donors (Lipinski definition) is 1. The maximum Gasteiger partial charge on any atom is 0.416 e. The van der Waals surface area contributed by atoms with Gasteiger partial charge in [-0.15, -0.1) is 5.10 Å². The van der Waals surface area contributed by atoms with Gasteiger partial charge in [-0.05, 0) is 48.4 Å². The van der Waals surface area contributed by atoms with Crippen LogP contribution in [-0.2, 0) is 38.8 Å². The highest BCUT2D eigenvalue weighted by molar-refractivity contribution is 7.84. The first-order chi connectivity index (χ1) is 21.6. The molecule has 1 aliphatic heterocycles. The number of pyridine rings is 1. The highest BCUT2D eigenvalue weighted by atomic mass is 32.2. The molecule has 1 N–H and O–H groups in total. The van der Waals surface area contributed by atoms with Crippen LogP contribution in [-0.4, -0.2) is 47.1 Å². The Bertz CT molecular complexity index is 1990. The Hall–Kier alpha value is -5.27. The number of carbonyl (C=O) groups excluding carboxylic acids is 1. The molecule has 2 aromatic carbocycles. The molecule has 2 aromatic heterocycles. The van der Waals surface area contributed by atoms with Crippen LogP contribution in [0.4, 0.5) is 24.8 Å². The van der Waals surface area contributed by atoms with Gasteiger partial charge in [-0.3, -0.25) is 4.90 Å². The quantitative estimate of drug-likeness (QED) is 0.186. The lowest BCUT2D eigenvalue weighted by Crippen LogP contribution is -2.38. The van der Waals surface area contributed by atoms with Crippen molar-refractivity contribution >= 4 is 27.7 Å². The molecule has 1 aliphatic rings. The van der Waals surface area contributed by atoms with Crippen LogP contribution in [0.25, 0.3) is 0 Å². The molecule has 0 saturated carbocycles. The number of benzene rings is 2. The second kappa shape index (κ2) is 13.4. The fourth-order valence-electron chi connectivity index (χ4n) is 5.07. The van der Waals surface area contributed by atoms with Gasteiger partial charge in [0.05, 0.1) is 40.0 Å². The monoisotopic (exact) mass is 656 g/mol. The van der Waals surface area contributed by atoms with Gasteiger partial charge in [-0.25, -0.2) is 32.2 Å². The highest BCUT2D eigenvalue weighted by Crippen LogP contribution is 2.43. The van der Waals surface area contributed by atoms with Gasteiger partial charge in [0.25, 0.3) is 0 Å². The van der Waals surface area contributed by atoms with E-state index in [9.17, 15) is 28.0 Å². The fourth-order valence-corrected chi connectivity index (χ4v) is 5.07. The van der Waals surface area contributed by atoms with Gasteiger partial charge < -0.3 is 9.29 Å². The van der Waals surface area contributed by atoms with Crippen LogP contribution in [0.15, 0.2) is 89.1 Å². The van der Waals surface area contributed by atoms with Crippen LogP contribution in [0.2, 0.25) is 0 Å². The largest absolute Gasteiger partial charge is 0.748 e. The number of nitrogens with zero attached hydrogens (tertiary/aromatic N) is 5. The summed E-state index contributed by atoms with van der Waals surface area (Å²) in [6.07, 6.45) is 0.223. The predicted octanol–water partition coefficient (Wildman–Crippen LogP) is 3.34. The van der Waals surface area contributed by atoms with E-state index >= 15 is 0 Å². The van der Waals surface area contributed by atoms with E-state index in [0.29, 0.717) is 35.9 Å². The molecule has 3 heterocycles. The van der Waals surface area contributed by atoms with Crippen LogP contribution >= 0.6 is 0 Å². The van der Waals surface area contributed by atoms with Crippen molar-refractivity contribution < 1.29 is 40.2 Å². The lowest BCUT2D eigenvalue weighted by atomic mass is 9.89. The Morgan fingerprint density at radius 2 is 1.83 bits per heavy atom. The number of halogens is 3. The van der Waals surface area contributed by atoms with Crippen LogP contribution < -0.4 is 15.2 Å². The first kappa shape index (κ1) is 33.6. The summed E-state index contributed by atoms with van der Waals surface area (Å²) in [6, 6.07) is 16.2. The average Bonchev–Trinajstić information content (AvgIpc) is 3.38. The van der Waals surface area contributed by atoms with Crippen molar-refractivity contribution in [2.75, 3.05) is 18.3 Å². The van der Waals surface area contributed by atoms with E-state index in [0.717, 1.165) is 12.1 Å². The van der Waals surface area contributed by atoms with Crippen LogP contribution in [0.3, 0.4) is 0 Å². The van der Waals surface area contributed by atoms with Crippen molar-refractivity contribution in [2.24, 2.45) is 0 Å². The van der Waals surface area contributed by atoms with E-state index in [4.69, 9.17) is 17.7 Å². The van der Waals surface area contributed by atoms with E-state index in [1.807, 2.05) is 35.2 Å². The summed E-state index contributed by atoms with van der Waals surface area (Å²) in [5, 5.41) is 16.1. The molecule has 0 unspecified atom stereocenters. The summed E-state index contributed by atoms with van der Waals surface area (Å²) in [7, 11) is -2.73. The normalized spacial score (nSPS) is 14.6. The molecule has 1 atom stereocenters. The Labute approximate surface area is 261 Å². The number of aryl methyl sites for hydroxylation is 2. The first-order valence-electron chi connectivity index (χ1n) is 13.4. The molecule has 0 amide bonds. The third-order valence-electron chi connectivity index (χ3n) is 6.96. The molecule has 4 aromatic rings. The Kier molecular flexibility index (Phi) is 9.78. The van der Waals surface area contributed by atoms with Crippen molar-refractivity contribution in [3.8, 4) is 6.07 Å². The number of nitrogens with one attached hydrogen (secondary N) is 1. The highest BCUT2D eigenvalue weighted by Gasteiger charge is 2.41. The predicted molar refractivity (Wildman–Crippen MR) is 156 cm³/mol. The average molecular weight is 657 g/mol. The van der Waals surface area contributed by atoms with Crippen LogP contribution in [0, 0.1) is 11.3 Å². The molecule has 5 rings (SSSR count). The number of allylic oxidation sites excluding steroid dienone is 1. The molecular weight excluding hydrogens is 629 g/mol. The molecule has 12 nitrogen and oxygen atoms in total. The van der Waals surface area contributed by atoms with Crippen molar-refractivity contribution in [3.63, 3.8) is 0 Å². The number of H-pyrrole nitrogens is 1. The molecule has 0 radical (unpaired) electrons. The van der Waals surface area contributed by atoms with E-state index < -0.39 is 39.6 Å². The van der Waals surface area contributed by atoms with Gasteiger partial charge in [0.15, 0.2) is 18.9 Å². The second-order valence-corrected chi connectivity index (χ2v) is 11.5. The Morgan fingerprint density at radius 3 is 2.43 bits per heavy atom. The number of carbonyl (C=O) groups is 1. The third-order valence-corrected chi connectivity index (χ3v) is 6.96. The van der Waals surface area contributed by atoms with Gasteiger partial charge in [0, 0.05) is 36.2 Å². The molecule has 0 bridgehead atoms. The van der Waals surface area contributed by atoms with Crippen molar-refractivity contribution in [1.29, 1.82) is 5.26 Å². The Balaban J connectivity index is 0.000000892. The van der Waals surface area contributed by atoms with Crippen LogP contribution in [0.5, 0.6) is 0 Å². The van der Waals surface area contributed by atoms with Gasteiger partial charge in [0.2, 0.25) is 5.95 Å². The van der Waals surface area contributed by atoms with Gasteiger partial charge >= 0.3 is 17.8 Å². The molecule has 16 heteroatoms. The number of anilines is 2. The van der Waals surface area contributed by atoms with Gasteiger partial charge in [-0.2, -0.15) is 18.4 Å². The topological polar surface area (TPSA) is 165 Å². The summed E-state index contributed by atoms with van der Waals surface area (Å²) >= 11 is 0. The summed E-state index contributed by atoms with van der Waals surface area (Å²) in [4.78, 5) is 27.9. The number of methoxy groups -OCH3 is 1. The van der Waals surface area contributed by atoms with Crippen molar-refractivity contribution in [1.82, 2.24) is 14.8 Å². The summed E-state index contributed by atoms with van der Waals surface area (Å²) < 4.78 is 76.2. The SMILES string of the molecule is COC(=O)C1=C(C)N(c2cccc(C(F)(F)F)c2)c2n[nH]c(=O)n2[C@@H]1c1ccc(C#N)cc1CC[n+]1ccccc1.CS(=O)(=O)[O-].